The number of aliphatic carboxylic acids is 1. The molecule has 0 saturated carbocycles. The minimum atomic E-state index is -4.62. The van der Waals surface area contributed by atoms with Crippen LogP contribution in [0.1, 0.15) is 55.4 Å². The predicted octanol–water partition coefficient (Wildman–Crippen LogP) is 5.91. The van der Waals surface area contributed by atoms with Gasteiger partial charge in [-0.25, -0.2) is 0 Å². The van der Waals surface area contributed by atoms with E-state index in [2.05, 4.69) is 5.32 Å². The third-order valence-corrected chi connectivity index (χ3v) is 4.67. The summed E-state index contributed by atoms with van der Waals surface area (Å²) in [6, 6.07) is 12.7. The van der Waals surface area contributed by atoms with Gasteiger partial charge in [0.2, 0.25) is 0 Å². The van der Waals surface area contributed by atoms with Crippen LogP contribution in [0, 0.1) is 11.3 Å². The Bertz CT molecular complexity index is 905. The van der Waals surface area contributed by atoms with Crippen molar-refractivity contribution in [2.75, 3.05) is 11.9 Å². The van der Waals surface area contributed by atoms with E-state index in [0.717, 1.165) is 0 Å². The third kappa shape index (κ3) is 5.97. The van der Waals surface area contributed by atoms with E-state index in [4.69, 9.17) is 15.1 Å². The molecule has 0 bridgehead atoms. The summed E-state index contributed by atoms with van der Waals surface area (Å²) in [6.45, 7) is 3.19. The van der Waals surface area contributed by atoms with Crippen LogP contribution in [0.25, 0.3) is 0 Å². The topological polar surface area (TPSA) is 82.3 Å². The van der Waals surface area contributed by atoms with Crippen molar-refractivity contribution < 1.29 is 27.8 Å². The van der Waals surface area contributed by atoms with Gasteiger partial charge in [-0.05, 0) is 55.2 Å². The van der Waals surface area contributed by atoms with Crippen LogP contribution in [0.4, 0.5) is 24.5 Å². The molecule has 2 aromatic rings. The van der Waals surface area contributed by atoms with Gasteiger partial charge in [0, 0.05) is 23.5 Å². The van der Waals surface area contributed by atoms with E-state index in [1.807, 2.05) is 13.0 Å². The van der Waals surface area contributed by atoms with Crippen molar-refractivity contribution in [3.05, 3.63) is 59.2 Å². The smallest absolute Gasteiger partial charge is 0.418 e. The highest BCUT2D eigenvalue weighted by Crippen LogP contribution is 2.41. The molecule has 0 aliphatic rings. The summed E-state index contributed by atoms with van der Waals surface area (Å²) in [5.74, 6) is -1.32. The van der Waals surface area contributed by atoms with Crippen LogP contribution in [0.15, 0.2) is 42.5 Å². The third-order valence-electron chi connectivity index (χ3n) is 4.67. The standard InChI is InChI=1S/C22H23F3N2O3/c1-3-15(12-20(28)29)16-7-10-18(21(30-4-2)22(23,24)25)19(11-16)27-17-8-5-14(13-26)6-9-17/h5-11,15,21,27H,3-4,12H2,1-2H3,(H,28,29)/t15?,21-/m0/s1. The van der Waals surface area contributed by atoms with Gasteiger partial charge >= 0.3 is 12.1 Å². The molecule has 0 aliphatic heterocycles. The fourth-order valence-corrected chi connectivity index (χ4v) is 3.18. The van der Waals surface area contributed by atoms with Crippen LogP contribution in [0.5, 0.6) is 0 Å². The second-order valence-corrected chi connectivity index (χ2v) is 6.74. The first-order chi connectivity index (χ1) is 14.2. The van der Waals surface area contributed by atoms with E-state index in [0.29, 0.717) is 23.2 Å². The Morgan fingerprint density at radius 3 is 2.37 bits per heavy atom. The molecule has 0 saturated heterocycles. The number of anilines is 2. The summed E-state index contributed by atoms with van der Waals surface area (Å²) < 4.78 is 45.9. The Morgan fingerprint density at radius 2 is 1.87 bits per heavy atom. The van der Waals surface area contributed by atoms with Gasteiger partial charge in [-0.15, -0.1) is 0 Å². The Kier molecular flexibility index (Phi) is 7.84. The number of nitriles is 1. The van der Waals surface area contributed by atoms with E-state index in [1.165, 1.54) is 19.1 Å². The summed E-state index contributed by atoms with van der Waals surface area (Å²) in [5.41, 5.74) is 1.62. The number of halogens is 3. The number of nitrogens with zero attached hydrogens (tertiary/aromatic N) is 1. The molecule has 160 valence electrons. The molecule has 0 amide bonds. The van der Waals surface area contributed by atoms with Crippen molar-refractivity contribution >= 4 is 17.3 Å². The molecule has 0 radical (unpaired) electrons. The lowest BCUT2D eigenvalue weighted by atomic mass is 9.91. The van der Waals surface area contributed by atoms with Crippen molar-refractivity contribution in [3.63, 3.8) is 0 Å². The van der Waals surface area contributed by atoms with Crippen LogP contribution >= 0.6 is 0 Å². The van der Waals surface area contributed by atoms with Crippen molar-refractivity contribution in [1.29, 1.82) is 5.26 Å². The molecule has 0 aliphatic carbocycles. The maximum atomic E-state index is 13.6. The van der Waals surface area contributed by atoms with Crippen LogP contribution in [-0.2, 0) is 9.53 Å². The average molecular weight is 420 g/mol. The zero-order valence-corrected chi connectivity index (χ0v) is 16.7. The summed E-state index contributed by atoms with van der Waals surface area (Å²) in [7, 11) is 0. The molecule has 8 heteroatoms. The number of ether oxygens (including phenoxy) is 1. The van der Waals surface area contributed by atoms with Crippen LogP contribution in [0.3, 0.4) is 0 Å². The lowest BCUT2D eigenvalue weighted by molar-refractivity contribution is -0.222. The quantitative estimate of drug-likeness (QED) is 0.527. The summed E-state index contributed by atoms with van der Waals surface area (Å²) in [5, 5.41) is 21.0. The van der Waals surface area contributed by atoms with Gasteiger partial charge in [-0.3, -0.25) is 4.79 Å². The van der Waals surface area contributed by atoms with Gasteiger partial charge in [0.25, 0.3) is 0 Å². The molecule has 2 aromatic carbocycles. The molecular weight excluding hydrogens is 397 g/mol. The second kappa shape index (κ2) is 10.1. The van der Waals surface area contributed by atoms with E-state index in [9.17, 15) is 18.0 Å². The molecule has 0 aromatic heterocycles. The normalized spacial score (nSPS) is 13.3. The fourth-order valence-electron chi connectivity index (χ4n) is 3.18. The minimum Gasteiger partial charge on any atom is -0.481 e. The highest BCUT2D eigenvalue weighted by Gasteiger charge is 2.43. The van der Waals surface area contributed by atoms with Crippen molar-refractivity contribution in [2.24, 2.45) is 0 Å². The van der Waals surface area contributed by atoms with Gasteiger partial charge in [0.1, 0.15) is 0 Å². The maximum absolute atomic E-state index is 13.6. The zero-order valence-electron chi connectivity index (χ0n) is 16.7. The number of hydrogen-bond acceptors (Lipinski definition) is 4. The molecule has 0 heterocycles. The number of hydrogen-bond donors (Lipinski definition) is 2. The fraction of sp³-hybridized carbons (Fsp3) is 0.364. The molecule has 2 N–H and O–H groups in total. The number of carboxylic acid groups (broad SMARTS) is 1. The second-order valence-electron chi connectivity index (χ2n) is 6.74. The van der Waals surface area contributed by atoms with Gasteiger partial charge in [-0.1, -0.05) is 19.1 Å². The van der Waals surface area contributed by atoms with Crippen molar-refractivity contribution in [1.82, 2.24) is 0 Å². The number of nitrogens with one attached hydrogen (secondary N) is 1. The lowest BCUT2D eigenvalue weighted by Crippen LogP contribution is -2.24. The first-order valence-corrected chi connectivity index (χ1v) is 9.50. The Morgan fingerprint density at radius 1 is 1.20 bits per heavy atom. The van der Waals surface area contributed by atoms with E-state index < -0.39 is 18.2 Å². The molecule has 1 unspecified atom stereocenters. The number of rotatable bonds is 9. The van der Waals surface area contributed by atoms with E-state index >= 15 is 0 Å². The highest BCUT2D eigenvalue weighted by molar-refractivity contribution is 5.69. The molecular formula is C22H23F3N2O3. The molecule has 0 spiro atoms. The van der Waals surface area contributed by atoms with Gasteiger partial charge in [0.15, 0.2) is 6.10 Å². The van der Waals surface area contributed by atoms with E-state index in [1.54, 1.807) is 30.3 Å². The molecule has 0 fully saturated rings. The van der Waals surface area contributed by atoms with Gasteiger partial charge in [-0.2, -0.15) is 18.4 Å². The van der Waals surface area contributed by atoms with Gasteiger partial charge in [0.05, 0.1) is 18.1 Å². The largest absolute Gasteiger partial charge is 0.481 e. The number of carbonyl (C=O) groups is 1. The highest BCUT2D eigenvalue weighted by atomic mass is 19.4. The molecule has 2 atom stereocenters. The van der Waals surface area contributed by atoms with Crippen LogP contribution in [0.2, 0.25) is 0 Å². The first-order valence-electron chi connectivity index (χ1n) is 9.50. The van der Waals surface area contributed by atoms with Gasteiger partial charge < -0.3 is 15.2 Å². The zero-order chi connectivity index (χ0) is 22.3. The average Bonchev–Trinajstić information content (AvgIpc) is 2.70. The Hall–Kier alpha value is -3.05. The van der Waals surface area contributed by atoms with E-state index in [-0.39, 0.29) is 30.2 Å². The lowest BCUT2D eigenvalue weighted by Gasteiger charge is -2.25. The van der Waals surface area contributed by atoms with Crippen LogP contribution < -0.4 is 5.32 Å². The predicted molar refractivity (Wildman–Crippen MR) is 107 cm³/mol. The number of carboxylic acids is 1. The SMILES string of the molecule is CCO[C@@H](c1ccc(C(CC)CC(=O)O)cc1Nc1ccc(C#N)cc1)C(F)(F)F. The maximum Gasteiger partial charge on any atom is 0.418 e. The number of benzene rings is 2. The summed E-state index contributed by atoms with van der Waals surface area (Å²) in [6.07, 6.45) is -6.35. The minimum absolute atomic E-state index is 0.0948. The first kappa shape index (κ1) is 23.2. The Labute approximate surface area is 173 Å². The number of alkyl halides is 3. The molecule has 30 heavy (non-hydrogen) atoms. The monoisotopic (exact) mass is 420 g/mol. The summed E-state index contributed by atoms with van der Waals surface area (Å²) >= 11 is 0. The van der Waals surface area contributed by atoms with Crippen molar-refractivity contribution in [2.45, 2.75) is 44.9 Å². The molecule has 2 rings (SSSR count). The van der Waals surface area contributed by atoms with Crippen molar-refractivity contribution in [3.8, 4) is 6.07 Å². The molecule has 5 nitrogen and oxygen atoms in total. The Balaban J connectivity index is 2.54. The van der Waals surface area contributed by atoms with Crippen LogP contribution in [-0.4, -0.2) is 23.9 Å². The summed E-state index contributed by atoms with van der Waals surface area (Å²) in [4.78, 5) is 11.2.